The summed E-state index contributed by atoms with van der Waals surface area (Å²) in [5.41, 5.74) is -1.51. The summed E-state index contributed by atoms with van der Waals surface area (Å²) in [5.74, 6) is 0.108. The van der Waals surface area contributed by atoms with Crippen molar-refractivity contribution in [1.82, 2.24) is 20.3 Å². The summed E-state index contributed by atoms with van der Waals surface area (Å²) >= 11 is 0. The smallest absolute Gasteiger partial charge is 0.347 e. The zero-order valence-corrected chi connectivity index (χ0v) is 16.4. The number of rotatable bonds is 5. The Bertz CT molecular complexity index is 914. The molecule has 1 aromatic heterocycles. The lowest BCUT2D eigenvalue weighted by Gasteiger charge is -2.19. The van der Waals surface area contributed by atoms with Gasteiger partial charge in [-0.25, -0.2) is 9.18 Å². The zero-order valence-electron chi connectivity index (χ0n) is 16.4. The maximum Gasteiger partial charge on any atom is 0.416 e. The molecular formula is C18H21F4N7O. The summed E-state index contributed by atoms with van der Waals surface area (Å²) in [4.78, 5) is 28.9. The van der Waals surface area contributed by atoms with Crippen LogP contribution in [0.2, 0.25) is 0 Å². The van der Waals surface area contributed by atoms with Crippen LogP contribution in [-0.2, 0) is 12.7 Å². The molecule has 2 aromatic rings. The van der Waals surface area contributed by atoms with Crippen molar-refractivity contribution >= 4 is 23.6 Å². The number of alkyl halides is 3. The van der Waals surface area contributed by atoms with Gasteiger partial charge in [0.25, 0.3) is 0 Å². The van der Waals surface area contributed by atoms with Gasteiger partial charge in [-0.3, -0.25) is 0 Å². The highest BCUT2D eigenvalue weighted by molar-refractivity contribution is 5.89. The van der Waals surface area contributed by atoms with Gasteiger partial charge in [0.15, 0.2) is 5.82 Å². The molecule has 0 radical (unpaired) electrons. The van der Waals surface area contributed by atoms with Crippen molar-refractivity contribution in [2.75, 3.05) is 42.3 Å². The molecule has 0 unspecified atom stereocenters. The van der Waals surface area contributed by atoms with E-state index in [9.17, 15) is 22.4 Å². The quantitative estimate of drug-likeness (QED) is 0.714. The average Bonchev–Trinajstić information content (AvgIpc) is 3.20. The van der Waals surface area contributed by atoms with Crippen LogP contribution in [0.5, 0.6) is 0 Å². The summed E-state index contributed by atoms with van der Waals surface area (Å²) in [7, 11) is 3.55. The first-order valence-electron chi connectivity index (χ1n) is 9.21. The van der Waals surface area contributed by atoms with Gasteiger partial charge in [-0.2, -0.15) is 28.1 Å². The zero-order chi connectivity index (χ0) is 21.9. The number of anilines is 3. The molecule has 2 amide bonds. The maximum absolute atomic E-state index is 13.5. The van der Waals surface area contributed by atoms with Crippen LogP contribution in [0.1, 0.15) is 24.2 Å². The second kappa shape index (κ2) is 8.67. The summed E-state index contributed by atoms with van der Waals surface area (Å²) in [6.07, 6.45) is -2.66. The SMILES string of the molecule is CN(C)c1nc(CNC(=O)Nc2cc(F)cc(C(F)(F)F)c2)nc(N2CCCC2)n1. The predicted octanol–water partition coefficient (Wildman–Crippen LogP) is 3.02. The van der Waals surface area contributed by atoms with Crippen molar-refractivity contribution in [2.45, 2.75) is 25.6 Å². The van der Waals surface area contributed by atoms with Crippen molar-refractivity contribution < 1.29 is 22.4 Å². The van der Waals surface area contributed by atoms with E-state index in [1.807, 2.05) is 4.90 Å². The number of nitrogens with one attached hydrogen (secondary N) is 2. The molecule has 0 spiro atoms. The lowest BCUT2D eigenvalue weighted by Crippen LogP contribution is -2.30. The van der Waals surface area contributed by atoms with E-state index in [0.717, 1.165) is 32.0 Å². The largest absolute Gasteiger partial charge is 0.416 e. The van der Waals surface area contributed by atoms with Crippen LogP contribution >= 0.6 is 0 Å². The van der Waals surface area contributed by atoms with E-state index >= 15 is 0 Å². The van der Waals surface area contributed by atoms with Gasteiger partial charge in [-0.15, -0.1) is 0 Å². The second-order valence-electron chi connectivity index (χ2n) is 6.97. The van der Waals surface area contributed by atoms with Gasteiger partial charge in [0.2, 0.25) is 11.9 Å². The molecule has 2 heterocycles. The Balaban J connectivity index is 1.69. The highest BCUT2D eigenvalue weighted by Gasteiger charge is 2.31. The van der Waals surface area contributed by atoms with Crippen LogP contribution in [-0.4, -0.2) is 48.2 Å². The highest BCUT2D eigenvalue weighted by Crippen LogP contribution is 2.31. The van der Waals surface area contributed by atoms with Crippen molar-refractivity contribution in [3.63, 3.8) is 0 Å². The van der Waals surface area contributed by atoms with Gasteiger partial charge in [0.1, 0.15) is 5.82 Å². The molecule has 3 rings (SSSR count). The van der Waals surface area contributed by atoms with Gasteiger partial charge >= 0.3 is 12.2 Å². The molecule has 0 atom stereocenters. The minimum absolute atomic E-state index is 0.0858. The fraction of sp³-hybridized carbons (Fsp3) is 0.444. The molecule has 8 nitrogen and oxygen atoms in total. The van der Waals surface area contributed by atoms with E-state index in [-0.39, 0.29) is 12.2 Å². The van der Waals surface area contributed by atoms with Crippen LogP contribution in [0.25, 0.3) is 0 Å². The first-order chi connectivity index (χ1) is 14.1. The Kier molecular flexibility index (Phi) is 6.22. The fourth-order valence-corrected chi connectivity index (χ4v) is 2.89. The van der Waals surface area contributed by atoms with E-state index < -0.39 is 23.6 Å². The summed E-state index contributed by atoms with van der Waals surface area (Å²) in [6, 6.07) is 0.994. The lowest BCUT2D eigenvalue weighted by atomic mass is 10.2. The van der Waals surface area contributed by atoms with Crippen molar-refractivity contribution in [3.8, 4) is 0 Å². The number of hydrogen-bond acceptors (Lipinski definition) is 6. The first kappa shape index (κ1) is 21.5. The number of urea groups is 1. The van der Waals surface area contributed by atoms with Crippen LogP contribution in [0.3, 0.4) is 0 Å². The molecular weight excluding hydrogens is 406 g/mol. The Morgan fingerprint density at radius 3 is 2.47 bits per heavy atom. The molecule has 2 N–H and O–H groups in total. The van der Waals surface area contributed by atoms with Gasteiger partial charge in [-0.1, -0.05) is 0 Å². The molecule has 1 aliphatic rings. The standard InChI is InChI=1S/C18H21F4N7O/c1-28(2)15-25-14(26-16(27-15)29-5-3-4-6-29)10-23-17(30)24-13-8-11(18(20,21)22)7-12(19)9-13/h7-9H,3-6,10H2,1-2H3,(H2,23,24,30). The van der Waals surface area contributed by atoms with Gasteiger partial charge in [0, 0.05) is 32.9 Å². The number of hydrogen-bond donors (Lipinski definition) is 2. The Hall–Kier alpha value is -3.18. The molecule has 12 heteroatoms. The monoisotopic (exact) mass is 427 g/mol. The molecule has 1 aliphatic heterocycles. The molecule has 0 bridgehead atoms. The number of aromatic nitrogens is 3. The van der Waals surface area contributed by atoms with E-state index in [2.05, 4.69) is 25.6 Å². The van der Waals surface area contributed by atoms with Crippen LogP contribution in [0.4, 0.5) is 39.9 Å². The van der Waals surface area contributed by atoms with E-state index in [4.69, 9.17) is 0 Å². The Morgan fingerprint density at radius 1 is 1.13 bits per heavy atom. The van der Waals surface area contributed by atoms with Crippen molar-refractivity contribution in [1.29, 1.82) is 0 Å². The summed E-state index contributed by atoms with van der Waals surface area (Å²) in [6.45, 7) is 1.56. The second-order valence-corrected chi connectivity index (χ2v) is 6.97. The number of amides is 2. The maximum atomic E-state index is 13.5. The van der Waals surface area contributed by atoms with E-state index in [1.54, 1.807) is 19.0 Å². The minimum atomic E-state index is -4.73. The van der Waals surface area contributed by atoms with Crippen LogP contribution in [0, 0.1) is 5.82 Å². The van der Waals surface area contributed by atoms with Crippen LogP contribution < -0.4 is 20.4 Å². The Morgan fingerprint density at radius 2 is 1.83 bits per heavy atom. The third kappa shape index (κ3) is 5.45. The third-order valence-electron chi connectivity index (χ3n) is 4.34. The fourth-order valence-electron chi connectivity index (χ4n) is 2.89. The molecule has 0 saturated carbocycles. The highest BCUT2D eigenvalue weighted by atomic mass is 19.4. The number of carbonyl (C=O) groups excluding carboxylic acids is 1. The number of nitrogens with zero attached hydrogens (tertiary/aromatic N) is 5. The minimum Gasteiger partial charge on any atom is -0.347 e. The predicted molar refractivity (Wildman–Crippen MR) is 103 cm³/mol. The van der Waals surface area contributed by atoms with E-state index in [0.29, 0.717) is 29.9 Å². The summed E-state index contributed by atoms with van der Waals surface area (Å²) < 4.78 is 51.9. The van der Waals surface area contributed by atoms with Gasteiger partial charge in [0.05, 0.1) is 12.1 Å². The molecule has 1 aromatic carbocycles. The molecule has 30 heavy (non-hydrogen) atoms. The lowest BCUT2D eigenvalue weighted by molar-refractivity contribution is -0.137. The molecule has 0 aliphatic carbocycles. The average molecular weight is 427 g/mol. The van der Waals surface area contributed by atoms with Gasteiger partial charge < -0.3 is 20.4 Å². The Labute approximate surface area is 170 Å². The van der Waals surface area contributed by atoms with Crippen molar-refractivity contribution in [2.24, 2.45) is 0 Å². The normalized spacial score (nSPS) is 14.0. The third-order valence-corrected chi connectivity index (χ3v) is 4.34. The topological polar surface area (TPSA) is 86.3 Å². The first-order valence-corrected chi connectivity index (χ1v) is 9.21. The van der Waals surface area contributed by atoms with Crippen molar-refractivity contribution in [3.05, 3.63) is 35.4 Å². The van der Waals surface area contributed by atoms with E-state index in [1.165, 1.54) is 0 Å². The van der Waals surface area contributed by atoms with Crippen LogP contribution in [0.15, 0.2) is 18.2 Å². The molecule has 162 valence electrons. The number of carbonyl (C=O) groups is 1. The molecule has 1 fully saturated rings. The number of benzene rings is 1. The summed E-state index contributed by atoms with van der Waals surface area (Å²) in [5, 5.41) is 4.66. The number of halogens is 4. The van der Waals surface area contributed by atoms with Gasteiger partial charge in [-0.05, 0) is 31.0 Å². The molecule has 1 saturated heterocycles.